The molecule has 0 N–H and O–H groups in total. The maximum atomic E-state index is 7.65. The summed E-state index contributed by atoms with van der Waals surface area (Å²) in [5.74, 6) is 0. The van der Waals surface area contributed by atoms with Crippen LogP contribution in [0.15, 0.2) is 146 Å². The van der Waals surface area contributed by atoms with Crippen LogP contribution in [0.1, 0.15) is 0 Å². The van der Waals surface area contributed by atoms with Crippen molar-refractivity contribution in [3.63, 3.8) is 0 Å². The molecular formula is C41H24N4. The minimum atomic E-state index is 0.635. The fourth-order valence-electron chi connectivity index (χ4n) is 6.74. The summed E-state index contributed by atoms with van der Waals surface area (Å²) in [4.78, 5) is 13.8. The Labute approximate surface area is 259 Å². The molecule has 208 valence electrons. The van der Waals surface area contributed by atoms with E-state index in [4.69, 9.17) is 16.5 Å². The first-order valence-corrected chi connectivity index (χ1v) is 14.9. The third-order valence-electron chi connectivity index (χ3n) is 8.80. The first kappa shape index (κ1) is 25.2. The third-order valence-corrected chi connectivity index (χ3v) is 8.80. The molecule has 0 fully saturated rings. The largest absolute Gasteiger partial charge is 0.309 e. The summed E-state index contributed by atoms with van der Waals surface area (Å²) >= 11 is 0. The molecule has 4 nitrogen and oxygen atoms in total. The second kappa shape index (κ2) is 9.87. The van der Waals surface area contributed by atoms with Gasteiger partial charge in [0.2, 0.25) is 0 Å². The summed E-state index contributed by atoms with van der Waals surface area (Å²) < 4.78 is 2.28. The van der Waals surface area contributed by atoms with E-state index in [1.807, 2.05) is 36.5 Å². The Kier molecular flexibility index (Phi) is 5.53. The van der Waals surface area contributed by atoms with Gasteiger partial charge in [0, 0.05) is 44.4 Å². The molecule has 0 aliphatic heterocycles. The monoisotopic (exact) mass is 572 g/mol. The van der Waals surface area contributed by atoms with Crippen molar-refractivity contribution in [3.8, 4) is 28.1 Å². The van der Waals surface area contributed by atoms with E-state index in [9.17, 15) is 0 Å². The molecular weight excluding hydrogens is 548 g/mol. The van der Waals surface area contributed by atoms with Crippen LogP contribution in [-0.4, -0.2) is 14.5 Å². The predicted molar refractivity (Wildman–Crippen MR) is 186 cm³/mol. The summed E-state index contributed by atoms with van der Waals surface area (Å²) in [6, 6.07) is 48.4. The van der Waals surface area contributed by atoms with Gasteiger partial charge in [-0.25, -0.2) is 9.83 Å². The van der Waals surface area contributed by atoms with Crippen LogP contribution in [0.5, 0.6) is 0 Å². The topological polar surface area (TPSA) is 35.1 Å². The van der Waals surface area contributed by atoms with E-state index in [0.717, 1.165) is 82.5 Å². The molecule has 9 rings (SSSR count). The van der Waals surface area contributed by atoms with E-state index in [0.29, 0.717) is 5.69 Å². The third kappa shape index (κ3) is 3.92. The van der Waals surface area contributed by atoms with Crippen LogP contribution in [-0.2, 0) is 0 Å². The lowest BCUT2D eigenvalue weighted by molar-refractivity contribution is 1.18. The lowest BCUT2D eigenvalue weighted by Crippen LogP contribution is -1.93. The van der Waals surface area contributed by atoms with Gasteiger partial charge in [0.1, 0.15) is 0 Å². The Morgan fingerprint density at radius 3 is 2.09 bits per heavy atom. The molecule has 0 saturated carbocycles. The minimum absolute atomic E-state index is 0.635. The number of hydrogen-bond donors (Lipinski definition) is 0. The SMILES string of the molecule is [C-]#[N+]c1ccc2c(c1)c1cc(-c3ccc4c(c3)nc(-c3ccccc3)c3ccc5cccnc5c34)ccc1n2-c1ccccc1. The van der Waals surface area contributed by atoms with Crippen LogP contribution in [0.2, 0.25) is 0 Å². The summed E-state index contributed by atoms with van der Waals surface area (Å²) in [7, 11) is 0. The van der Waals surface area contributed by atoms with Gasteiger partial charge in [-0.15, -0.1) is 0 Å². The Bertz CT molecular complexity index is 2650. The number of benzene rings is 6. The van der Waals surface area contributed by atoms with Gasteiger partial charge in [0.15, 0.2) is 5.69 Å². The zero-order valence-electron chi connectivity index (χ0n) is 24.1. The van der Waals surface area contributed by atoms with Crippen LogP contribution >= 0.6 is 0 Å². The first-order valence-electron chi connectivity index (χ1n) is 14.9. The Hall–Kier alpha value is -6.31. The molecule has 0 aliphatic carbocycles. The molecule has 0 saturated heterocycles. The van der Waals surface area contributed by atoms with Gasteiger partial charge in [0.25, 0.3) is 0 Å². The maximum Gasteiger partial charge on any atom is 0.188 e. The number of nitrogens with zero attached hydrogens (tertiary/aromatic N) is 4. The predicted octanol–water partition coefficient (Wildman–Crippen LogP) is 10.9. The summed E-state index contributed by atoms with van der Waals surface area (Å²) in [5, 5.41) is 6.59. The standard InChI is InChI=1S/C41H24N4/c1-42-30-17-21-38-35(25-30)34-23-28(16-20-37(34)45(38)31-12-6-3-7-13-31)29-15-18-32-36(24-29)44-40(26-9-4-2-5-10-26)33-19-14-27-11-8-22-43-41(27)39(32)33/h2-25H. The van der Waals surface area contributed by atoms with E-state index >= 15 is 0 Å². The zero-order chi connectivity index (χ0) is 29.9. The summed E-state index contributed by atoms with van der Waals surface area (Å²) in [6.07, 6.45) is 1.87. The Morgan fingerprint density at radius 2 is 1.27 bits per heavy atom. The van der Waals surface area contributed by atoms with Crippen molar-refractivity contribution >= 4 is 60.1 Å². The number of hydrogen-bond acceptors (Lipinski definition) is 2. The second-order valence-corrected chi connectivity index (χ2v) is 11.3. The van der Waals surface area contributed by atoms with E-state index in [1.54, 1.807) is 0 Å². The Balaban J connectivity index is 1.31. The van der Waals surface area contributed by atoms with E-state index in [1.165, 1.54) is 0 Å². The molecule has 0 unspecified atom stereocenters. The molecule has 3 aromatic heterocycles. The van der Waals surface area contributed by atoms with Crippen LogP contribution < -0.4 is 0 Å². The van der Waals surface area contributed by atoms with Gasteiger partial charge < -0.3 is 4.57 Å². The van der Waals surface area contributed by atoms with E-state index < -0.39 is 0 Å². The maximum absolute atomic E-state index is 7.65. The molecule has 9 aromatic rings. The van der Waals surface area contributed by atoms with Gasteiger partial charge in [-0.3, -0.25) is 4.98 Å². The molecule has 0 bridgehead atoms. The lowest BCUT2D eigenvalue weighted by Gasteiger charge is -2.13. The molecule has 0 amide bonds. The molecule has 0 atom stereocenters. The minimum Gasteiger partial charge on any atom is -0.309 e. The van der Waals surface area contributed by atoms with Crippen molar-refractivity contribution in [2.24, 2.45) is 0 Å². The smallest absolute Gasteiger partial charge is 0.188 e. The van der Waals surface area contributed by atoms with Crippen molar-refractivity contribution in [1.29, 1.82) is 0 Å². The fraction of sp³-hybridized carbons (Fsp3) is 0. The van der Waals surface area contributed by atoms with Crippen molar-refractivity contribution in [2.45, 2.75) is 0 Å². The molecule has 0 aliphatic rings. The number of para-hydroxylation sites is 1. The number of rotatable bonds is 3. The van der Waals surface area contributed by atoms with Gasteiger partial charge in [0.05, 0.1) is 34.3 Å². The number of aromatic nitrogens is 3. The highest BCUT2D eigenvalue weighted by Gasteiger charge is 2.17. The van der Waals surface area contributed by atoms with Crippen LogP contribution in [0, 0.1) is 6.57 Å². The molecule has 3 heterocycles. The second-order valence-electron chi connectivity index (χ2n) is 11.3. The number of fused-ring (bicyclic) bond motifs is 8. The van der Waals surface area contributed by atoms with Gasteiger partial charge >= 0.3 is 0 Å². The van der Waals surface area contributed by atoms with Crippen molar-refractivity contribution in [3.05, 3.63) is 157 Å². The summed E-state index contributed by atoms with van der Waals surface area (Å²) in [5.41, 5.74) is 10.1. The summed E-state index contributed by atoms with van der Waals surface area (Å²) in [6.45, 7) is 7.65. The van der Waals surface area contributed by atoms with E-state index in [2.05, 4.69) is 119 Å². The Morgan fingerprint density at radius 1 is 0.556 bits per heavy atom. The molecule has 4 heteroatoms. The average Bonchev–Trinajstić information content (AvgIpc) is 3.44. The molecule has 45 heavy (non-hydrogen) atoms. The van der Waals surface area contributed by atoms with Crippen LogP contribution in [0.3, 0.4) is 0 Å². The highest BCUT2D eigenvalue weighted by atomic mass is 15.0. The van der Waals surface area contributed by atoms with Gasteiger partial charge in [-0.1, -0.05) is 91.0 Å². The highest BCUT2D eigenvalue weighted by molar-refractivity contribution is 6.21. The van der Waals surface area contributed by atoms with Crippen LogP contribution in [0.4, 0.5) is 5.69 Å². The quantitative estimate of drug-likeness (QED) is 0.156. The lowest BCUT2D eigenvalue weighted by atomic mass is 9.95. The van der Waals surface area contributed by atoms with Crippen molar-refractivity contribution in [2.75, 3.05) is 0 Å². The number of pyridine rings is 2. The average molecular weight is 573 g/mol. The van der Waals surface area contributed by atoms with Gasteiger partial charge in [-0.05, 0) is 65.0 Å². The van der Waals surface area contributed by atoms with Crippen molar-refractivity contribution < 1.29 is 0 Å². The first-order chi connectivity index (χ1) is 22.3. The molecule has 0 radical (unpaired) electrons. The molecule has 0 spiro atoms. The van der Waals surface area contributed by atoms with Crippen LogP contribution in [0.25, 0.3) is 87.3 Å². The van der Waals surface area contributed by atoms with Crippen molar-refractivity contribution in [1.82, 2.24) is 14.5 Å². The van der Waals surface area contributed by atoms with Gasteiger partial charge in [-0.2, -0.15) is 0 Å². The zero-order valence-corrected chi connectivity index (χ0v) is 24.1. The highest BCUT2D eigenvalue weighted by Crippen LogP contribution is 2.40. The van der Waals surface area contributed by atoms with E-state index in [-0.39, 0.29) is 0 Å². The fourth-order valence-corrected chi connectivity index (χ4v) is 6.74. The normalized spacial score (nSPS) is 11.5. The molecule has 6 aromatic carbocycles.